The third-order valence-corrected chi connectivity index (χ3v) is 3.44. The van der Waals surface area contributed by atoms with E-state index < -0.39 is 0 Å². The highest BCUT2D eigenvalue weighted by Crippen LogP contribution is 2.20. The molecule has 0 bridgehead atoms. The summed E-state index contributed by atoms with van der Waals surface area (Å²) < 4.78 is 5.36. The van der Waals surface area contributed by atoms with Crippen molar-refractivity contribution in [1.82, 2.24) is 14.8 Å². The summed E-state index contributed by atoms with van der Waals surface area (Å²) in [6, 6.07) is 0.948. The van der Waals surface area contributed by atoms with Crippen LogP contribution in [-0.2, 0) is 0 Å². The maximum absolute atomic E-state index is 5.36. The van der Waals surface area contributed by atoms with Crippen molar-refractivity contribution in [3.63, 3.8) is 0 Å². The van der Waals surface area contributed by atoms with Gasteiger partial charge in [-0.25, -0.2) is 4.98 Å². The molecule has 1 aromatic rings. The first-order valence-electron chi connectivity index (χ1n) is 6.06. The minimum atomic E-state index is 0.296. The molecule has 1 atom stereocenters. The number of aromatic nitrogens is 1. The smallest absolute Gasteiger partial charge is 0.211 e. The van der Waals surface area contributed by atoms with Crippen LogP contribution in [-0.4, -0.2) is 47.0 Å². The van der Waals surface area contributed by atoms with E-state index in [1.165, 1.54) is 0 Å². The normalized spacial score (nSPS) is 21.5. The Hall–Kier alpha value is -0.870. The van der Waals surface area contributed by atoms with Gasteiger partial charge in [0.15, 0.2) is 0 Å². The van der Waals surface area contributed by atoms with Gasteiger partial charge in [-0.15, -0.1) is 0 Å². The van der Waals surface area contributed by atoms with Crippen LogP contribution in [0.15, 0.2) is 16.9 Å². The second-order valence-electron chi connectivity index (χ2n) is 4.71. The van der Waals surface area contributed by atoms with E-state index in [0.29, 0.717) is 12.1 Å². The predicted octanol–water partition coefficient (Wildman–Crippen LogP) is 1.76. The summed E-state index contributed by atoms with van der Waals surface area (Å²) in [7, 11) is 0. The molecule has 1 unspecified atom stereocenters. The minimum Gasteiger partial charge on any atom is -0.447 e. The van der Waals surface area contributed by atoms with Gasteiger partial charge in [0, 0.05) is 32.2 Å². The third-order valence-electron chi connectivity index (χ3n) is 3.44. The fourth-order valence-corrected chi connectivity index (χ4v) is 2.24. The zero-order valence-electron chi connectivity index (χ0n) is 10.4. The summed E-state index contributed by atoms with van der Waals surface area (Å²) >= 11 is 0. The molecule has 0 aromatic carbocycles. The fourth-order valence-electron chi connectivity index (χ4n) is 2.24. The molecule has 0 radical (unpaired) electrons. The lowest BCUT2D eigenvalue weighted by molar-refractivity contribution is 0.0746. The first-order chi connectivity index (χ1) is 7.68. The lowest BCUT2D eigenvalue weighted by Gasteiger charge is -2.38. The van der Waals surface area contributed by atoms with E-state index in [1.807, 2.05) is 0 Å². The van der Waals surface area contributed by atoms with Gasteiger partial charge in [-0.05, 0) is 20.8 Å². The molecule has 1 aliphatic rings. The molecule has 4 heteroatoms. The Morgan fingerprint density at radius 1 is 1.12 bits per heavy atom. The molecule has 0 aliphatic carbocycles. The van der Waals surface area contributed by atoms with E-state index in [2.05, 4.69) is 35.6 Å². The predicted molar refractivity (Wildman–Crippen MR) is 63.2 cm³/mol. The first kappa shape index (κ1) is 11.6. The Balaban J connectivity index is 1.89. The maximum Gasteiger partial charge on any atom is 0.211 e. The van der Waals surface area contributed by atoms with Gasteiger partial charge >= 0.3 is 0 Å². The number of piperazine rings is 1. The van der Waals surface area contributed by atoms with Crippen LogP contribution in [0.4, 0.5) is 0 Å². The molecule has 1 fully saturated rings. The van der Waals surface area contributed by atoms with E-state index >= 15 is 0 Å². The number of rotatable bonds is 3. The lowest BCUT2D eigenvalue weighted by Crippen LogP contribution is -2.49. The Labute approximate surface area is 97.2 Å². The molecule has 2 heterocycles. The van der Waals surface area contributed by atoms with Gasteiger partial charge in [0.05, 0.1) is 12.2 Å². The molecule has 0 N–H and O–H groups in total. The number of nitrogens with zero attached hydrogens (tertiary/aromatic N) is 3. The Morgan fingerprint density at radius 3 is 2.25 bits per heavy atom. The molecule has 0 amide bonds. The molecule has 0 spiro atoms. The largest absolute Gasteiger partial charge is 0.447 e. The summed E-state index contributed by atoms with van der Waals surface area (Å²) in [6.07, 6.45) is 3.37. The van der Waals surface area contributed by atoms with Gasteiger partial charge in [-0.2, -0.15) is 0 Å². The molecular weight excluding hydrogens is 202 g/mol. The van der Waals surface area contributed by atoms with Crippen molar-refractivity contribution in [3.8, 4) is 0 Å². The highest BCUT2D eigenvalue weighted by Gasteiger charge is 2.24. The summed E-state index contributed by atoms with van der Waals surface area (Å²) in [5.41, 5.74) is 0. The molecule has 1 aromatic heterocycles. The van der Waals surface area contributed by atoms with Gasteiger partial charge < -0.3 is 4.42 Å². The van der Waals surface area contributed by atoms with Crippen LogP contribution in [0.5, 0.6) is 0 Å². The van der Waals surface area contributed by atoms with E-state index in [-0.39, 0.29) is 0 Å². The highest BCUT2D eigenvalue weighted by atomic mass is 16.3. The van der Waals surface area contributed by atoms with Crippen molar-refractivity contribution in [1.29, 1.82) is 0 Å². The van der Waals surface area contributed by atoms with E-state index in [4.69, 9.17) is 4.42 Å². The van der Waals surface area contributed by atoms with Crippen molar-refractivity contribution < 1.29 is 4.42 Å². The average molecular weight is 223 g/mol. The van der Waals surface area contributed by atoms with Gasteiger partial charge in [0.25, 0.3) is 0 Å². The molecule has 0 saturated carbocycles. The molecular formula is C12H21N3O. The van der Waals surface area contributed by atoms with Crippen LogP contribution in [0, 0.1) is 0 Å². The minimum absolute atomic E-state index is 0.296. The fraction of sp³-hybridized carbons (Fsp3) is 0.750. The van der Waals surface area contributed by atoms with Gasteiger partial charge in [0.1, 0.15) is 6.26 Å². The van der Waals surface area contributed by atoms with Crippen LogP contribution in [0.2, 0.25) is 0 Å². The SMILES string of the molecule is CC(C)N1CCN(C(C)c2ncco2)CC1. The van der Waals surface area contributed by atoms with Gasteiger partial charge in [-0.3, -0.25) is 9.80 Å². The van der Waals surface area contributed by atoms with E-state index in [0.717, 1.165) is 32.1 Å². The summed E-state index contributed by atoms with van der Waals surface area (Å²) in [4.78, 5) is 9.17. The number of hydrogen-bond acceptors (Lipinski definition) is 4. The van der Waals surface area contributed by atoms with Crippen LogP contribution >= 0.6 is 0 Å². The highest BCUT2D eigenvalue weighted by molar-refractivity contribution is 4.90. The van der Waals surface area contributed by atoms with Gasteiger partial charge in [0.2, 0.25) is 5.89 Å². The number of hydrogen-bond donors (Lipinski definition) is 0. The maximum atomic E-state index is 5.36. The average Bonchev–Trinajstić information content (AvgIpc) is 2.81. The second kappa shape index (κ2) is 4.97. The summed E-state index contributed by atoms with van der Waals surface area (Å²) in [5, 5.41) is 0. The second-order valence-corrected chi connectivity index (χ2v) is 4.71. The Morgan fingerprint density at radius 2 is 1.75 bits per heavy atom. The van der Waals surface area contributed by atoms with Crippen molar-refractivity contribution in [2.75, 3.05) is 26.2 Å². The topological polar surface area (TPSA) is 32.5 Å². The molecule has 1 saturated heterocycles. The van der Waals surface area contributed by atoms with Crippen LogP contribution < -0.4 is 0 Å². The zero-order chi connectivity index (χ0) is 11.5. The van der Waals surface area contributed by atoms with Crippen molar-refractivity contribution in [3.05, 3.63) is 18.4 Å². The van der Waals surface area contributed by atoms with Crippen molar-refractivity contribution in [2.24, 2.45) is 0 Å². The van der Waals surface area contributed by atoms with Crippen molar-refractivity contribution >= 4 is 0 Å². The Bertz CT molecular complexity index is 302. The molecule has 90 valence electrons. The first-order valence-corrected chi connectivity index (χ1v) is 6.06. The summed E-state index contributed by atoms with van der Waals surface area (Å²) in [5.74, 6) is 0.831. The zero-order valence-corrected chi connectivity index (χ0v) is 10.4. The van der Waals surface area contributed by atoms with E-state index in [9.17, 15) is 0 Å². The van der Waals surface area contributed by atoms with E-state index in [1.54, 1.807) is 12.5 Å². The molecule has 4 nitrogen and oxygen atoms in total. The monoisotopic (exact) mass is 223 g/mol. The van der Waals surface area contributed by atoms with Crippen LogP contribution in [0.3, 0.4) is 0 Å². The molecule has 2 rings (SSSR count). The van der Waals surface area contributed by atoms with Crippen LogP contribution in [0.1, 0.15) is 32.7 Å². The summed E-state index contributed by atoms with van der Waals surface area (Å²) in [6.45, 7) is 11.2. The Kier molecular flexibility index (Phi) is 3.61. The molecule has 16 heavy (non-hydrogen) atoms. The van der Waals surface area contributed by atoms with Crippen LogP contribution in [0.25, 0.3) is 0 Å². The number of oxazole rings is 1. The van der Waals surface area contributed by atoms with Gasteiger partial charge in [-0.1, -0.05) is 0 Å². The third kappa shape index (κ3) is 2.44. The quantitative estimate of drug-likeness (QED) is 0.781. The van der Waals surface area contributed by atoms with Crippen molar-refractivity contribution in [2.45, 2.75) is 32.9 Å². The standard InChI is InChI=1S/C12H21N3O/c1-10(2)14-5-7-15(8-6-14)11(3)12-13-4-9-16-12/h4,9-11H,5-8H2,1-3H3. The molecule has 1 aliphatic heterocycles. The lowest BCUT2D eigenvalue weighted by atomic mass is 10.2.